The Morgan fingerprint density at radius 1 is 1.07 bits per heavy atom. The van der Waals surface area contributed by atoms with Gasteiger partial charge in [0, 0.05) is 25.1 Å². The van der Waals surface area contributed by atoms with Crippen LogP contribution in [0, 0.1) is 0 Å². The zero-order chi connectivity index (χ0) is 18.9. The Morgan fingerprint density at radius 3 is 2.89 bits per heavy atom. The Hall–Kier alpha value is -3.94. The summed E-state index contributed by atoms with van der Waals surface area (Å²) in [5, 5.41) is 16.0. The summed E-state index contributed by atoms with van der Waals surface area (Å²) < 4.78 is 7.69. The monoisotopic (exact) mass is 371 g/mol. The molecule has 0 aliphatic heterocycles. The summed E-state index contributed by atoms with van der Waals surface area (Å²) in [6.45, 7) is 0.373. The molecule has 2 N–H and O–H groups in total. The van der Waals surface area contributed by atoms with Gasteiger partial charge in [0.1, 0.15) is 12.1 Å². The first-order valence-corrected chi connectivity index (χ1v) is 8.83. The minimum absolute atomic E-state index is 0.373. The van der Waals surface area contributed by atoms with Gasteiger partial charge in [-0.3, -0.25) is 19.7 Å². The van der Waals surface area contributed by atoms with Gasteiger partial charge in [-0.05, 0) is 42.5 Å². The summed E-state index contributed by atoms with van der Waals surface area (Å²) in [6, 6.07) is 15.5. The summed E-state index contributed by atoms with van der Waals surface area (Å²) in [6.07, 6.45) is 3.50. The minimum atomic E-state index is 0.373. The number of aromatic amines is 1. The zero-order valence-corrected chi connectivity index (χ0v) is 15.1. The molecule has 0 fully saturated rings. The van der Waals surface area contributed by atoms with E-state index in [1.54, 1.807) is 17.1 Å². The van der Waals surface area contributed by atoms with Crippen LogP contribution in [-0.2, 0) is 13.7 Å². The van der Waals surface area contributed by atoms with Crippen molar-refractivity contribution in [2.75, 3.05) is 5.32 Å². The quantitative estimate of drug-likeness (QED) is 0.491. The highest BCUT2D eigenvalue weighted by atomic mass is 16.5. The van der Waals surface area contributed by atoms with E-state index in [0.717, 1.165) is 33.3 Å². The first-order valence-electron chi connectivity index (χ1n) is 8.83. The van der Waals surface area contributed by atoms with E-state index in [4.69, 9.17) is 4.74 Å². The van der Waals surface area contributed by atoms with Crippen LogP contribution in [0.4, 0.5) is 11.5 Å². The second kappa shape index (κ2) is 6.66. The standard InChI is InChI=1S/C20H17N7O/c1-27-17-11-13(23-19-18-16(24-25-19)6-4-10-22-18)7-8-15(17)20(26-27)28-12-14-5-2-3-9-21-14/h2-11H,12H2,1H3,(H2,23,24,25). The fraction of sp³-hybridized carbons (Fsp3) is 0.100. The summed E-state index contributed by atoms with van der Waals surface area (Å²) >= 11 is 0. The molecule has 8 nitrogen and oxygen atoms in total. The molecule has 5 aromatic rings. The average Bonchev–Trinajstić information content (AvgIpc) is 3.28. The first-order chi connectivity index (χ1) is 13.8. The predicted octanol–water partition coefficient (Wildman–Crippen LogP) is 3.56. The molecule has 28 heavy (non-hydrogen) atoms. The number of hydrogen-bond donors (Lipinski definition) is 2. The summed E-state index contributed by atoms with van der Waals surface area (Å²) in [5.41, 5.74) is 4.39. The van der Waals surface area contributed by atoms with Crippen LogP contribution < -0.4 is 10.1 Å². The predicted molar refractivity (Wildman–Crippen MR) is 106 cm³/mol. The number of anilines is 2. The molecule has 1 aromatic carbocycles. The van der Waals surface area contributed by atoms with E-state index in [2.05, 4.69) is 30.6 Å². The maximum absolute atomic E-state index is 5.89. The summed E-state index contributed by atoms with van der Waals surface area (Å²) in [4.78, 5) is 8.65. The third-order valence-electron chi connectivity index (χ3n) is 4.48. The van der Waals surface area contributed by atoms with Crippen LogP contribution in [0.15, 0.2) is 60.9 Å². The number of nitrogens with zero attached hydrogens (tertiary/aromatic N) is 5. The molecule has 0 saturated carbocycles. The van der Waals surface area contributed by atoms with E-state index in [1.807, 2.05) is 55.6 Å². The number of aromatic nitrogens is 6. The number of pyridine rings is 2. The molecular weight excluding hydrogens is 354 g/mol. The van der Waals surface area contributed by atoms with Crippen molar-refractivity contribution in [3.05, 3.63) is 66.6 Å². The lowest BCUT2D eigenvalue weighted by Crippen LogP contribution is -1.98. The number of hydrogen-bond acceptors (Lipinski definition) is 6. The van der Waals surface area contributed by atoms with E-state index in [9.17, 15) is 0 Å². The van der Waals surface area contributed by atoms with Crippen LogP contribution in [0.2, 0.25) is 0 Å². The fourth-order valence-electron chi connectivity index (χ4n) is 3.11. The van der Waals surface area contributed by atoms with Crippen molar-refractivity contribution in [1.29, 1.82) is 0 Å². The second-order valence-corrected chi connectivity index (χ2v) is 6.37. The molecule has 0 bridgehead atoms. The molecule has 0 spiro atoms. The molecule has 4 aromatic heterocycles. The highest BCUT2D eigenvalue weighted by Crippen LogP contribution is 2.29. The Balaban J connectivity index is 1.42. The lowest BCUT2D eigenvalue weighted by atomic mass is 10.2. The van der Waals surface area contributed by atoms with Crippen LogP contribution in [0.5, 0.6) is 5.88 Å². The number of nitrogens with one attached hydrogen (secondary N) is 2. The smallest absolute Gasteiger partial charge is 0.241 e. The maximum atomic E-state index is 5.89. The van der Waals surface area contributed by atoms with Crippen molar-refractivity contribution < 1.29 is 4.74 Å². The average molecular weight is 371 g/mol. The molecule has 4 heterocycles. The molecule has 0 aliphatic carbocycles. The van der Waals surface area contributed by atoms with E-state index in [0.29, 0.717) is 18.3 Å². The molecule has 0 unspecified atom stereocenters. The van der Waals surface area contributed by atoms with Crippen LogP contribution in [0.3, 0.4) is 0 Å². The van der Waals surface area contributed by atoms with Gasteiger partial charge in [-0.15, -0.1) is 5.10 Å². The van der Waals surface area contributed by atoms with Gasteiger partial charge in [0.05, 0.1) is 22.1 Å². The van der Waals surface area contributed by atoms with Crippen LogP contribution in [0.25, 0.3) is 21.9 Å². The molecule has 0 radical (unpaired) electrons. The van der Waals surface area contributed by atoms with Gasteiger partial charge in [-0.2, -0.15) is 5.10 Å². The second-order valence-electron chi connectivity index (χ2n) is 6.37. The van der Waals surface area contributed by atoms with Gasteiger partial charge in [0.15, 0.2) is 5.82 Å². The number of ether oxygens (including phenoxy) is 1. The van der Waals surface area contributed by atoms with E-state index >= 15 is 0 Å². The van der Waals surface area contributed by atoms with Gasteiger partial charge >= 0.3 is 0 Å². The molecule has 8 heteroatoms. The normalized spacial score (nSPS) is 11.2. The Labute approximate surface area is 160 Å². The van der Waals surface area contributed by atoms with Gasteiger partial charge in [0.2, 0.25) is 5.88 Å². The van der Waals surface area contributed by atoms with Gasteiger partial charge < -0.3 is 10.1 Å². The lowest BCUT2D eigenvalue weighted by Gasteiger charge is -2.05. The van der Waals surface area contributed by atoms with E-state index in [-0.39, 0.29) is 0 Å². The van der Waals surface area contributed by atoms with Crippen LogP contribution >= 0.6 is 0 Å². The largest absolute Gasteiger partial charge is 0.470 e. The zero-order valence-electron chi connectivity index (χ0n) is 15.1. The Kier molecular flexibility index (Phi) is 3.86. The van der Waals surface area contributed by atoms with Crippen molar-refractivity contribution in [2.24, 2.45) is 7.05 Å². The minimum Gasteiger partial charge on any atom is -0.470 e. The molecule has 0 atom stereocenters. The highest BCUT2D eigenvalue weighted by Gasteiger charge is 2.12. The lowest BCUT2D eigenvalue weighted by molar-refractivity contribution is 0.289. The van der Waals surface area contributed by atoms with Gasteiger partial charge in [-0.25, -0.2) is 0 Å². The third-order valence-corrected chi connectivity index (χ3v) is 4.48. The van der Waals surface area contributed by atoms with Crippen molar-refractivity contribution in [2.45, 2.75) is 6.61 Å². The first kappa shape index (κ1) is 16.2. The number of aryl methyl sites for hydroxylation is 1. The molecule has 0 saturated heterocycles. The van der Waals surface area contributed by atoms with Gasteiger partial charge in [-0.1, -0.05) is 6.07 Å². The molecule has 0 amide bonds. The molecular formula is C20H17N7O. The fourth-order valence-corrected chi connectivity index (χ4v) is 3.11. The van der Waals surface area contributed by atoms with Crippen LogP contribution in [0.1, 0.15) is 5.69 Å². The van der Waals surface area contributed by atoms with E-state index in [1.165, 1.54) is 0 Å². The maximum Gasteiger partial charge on any atom is 0.241 e. The van der Waals surface area contributed by atoms with Gasteiger partial charge in [0.25, 0.3) is 0 Å². The number of benzene rings is 1. The number of fused-ring (bicyclic) bond motifs is 2. The number of H-pyrrole nitrogens is 1. The van der Waals surface area contributed by atoms with Crippen molar-refractivity contribution in [3.63, 3.8) is 0 Å². The van der Waals surface area contributed by atoms with Crippen molar-refractivity contribution >= 4 is 33.4 Å². The highest BCUT2D eigenvalue weighted by molar-refractivity contribution is 5.91. The molecule has 138 valence electrons. The van der Waals surface area contributed by atoms with E-state index < -0.39 is 0 Å². The Bertz CT molecular complexity index is 1260. The van der Waals surface area contributed by atoms with Crippen LogP contribution in [-0.4, -0.2) is 29.9 Å². The molecule has 5 rings (SSSR count). The van der Waals surface area contributed by atoms with Crippen molar-refractivity contribution in [1.82, 2.24) is 29.9 Å². The topological polar surface area (TPSA) is 93.5 Å². The Morgan fingerprint density at radius 2 is 2.00 bits per heavy atom. The SMILES string of the molecule is Cn1nc(OCc2ccccn2)c2ccc(Nc3n[nH]c4cccnc34)cc21. The summed E-state index contributed by atoms with van der Waals surface area (Å²) in [7, 11) is 1.89. The molecule has 0 aliphatic rings. The number of rotatable bonds is 5. The van der Waals surface area contributed by atoms with Crippen molar-refractivity contribution in [3.8, 4) is 5.88 Å². The third kappa shape index (κ3) is 2.90. The summed E-state index contributed by atoms with van der Waals surface area (Å²) in [5.74, 6) is 1.27.